The highest BCUT2D eigenvalue weighted by Gasteiger charge is 2.16. The van der Waals surface area contributed by atoms with Gasteiger partial charge in [-0.15, -0.1) is 0 Å². The van der Waals surface area contributed by atoms with E-state index in [-0.39, 0.29) is 17.4 Å². The monoisotopic (exact) mass is 421 g/mol. The van der Waals surface area contributed by atoms with Crippen molar-refractivity contribution in [2.45, 2.75) is 6.54 Å². The topological polar surface area (TPSA) is 82.4 Å². The molecule has 2 aromatic carbocycles. The van der Waals surface area contributed by atoms with Gasteiger partial charge in [-0.2, -0.15) is 0 Å². The van der Waals surface area contributed by atoms with Crippen molar-refractivity contribution in [3.8, 4) is 11.8 Å². The lowest BCUT2D eigenvalue weighted by Gasteiger charge is -2.13. The van der Waals surface area contributed by atoms with Crippen LogP contribution in [0.3, 0.4) is 0 Å². The van der Waals surface area contributed by atoms with E-state index in [1.165, 1.54) is 0 Å². The predicted octanol–water partition coefficient (Wildman–Crippen LogP) is 2.03. The molecule has 0 saturated heterocycles. The van der Waals surface area contributed by atoms with Crippen molar-refractivity contribution in [1.29, 1.82) is 0 Å². The number of carbonyl (C=O) groups is 1. The van der Waals surface area contributed by atoms with Crippen LogP contribution in [-0.4, -0.2) is 57.7 Å². The van der Waals surface area contributed by atoms with Crippen LogP contribution in [0.2, 0.25) is 0 Å². The number of nitrogens with one attached hydrogen (secondary N) is 2. The summed E-state index contributed by atoms with van der Waals surface area (Å²) in [5, 5.41) is 11.7. The molecular formula is C22H23N5O2S. The highest BCUT2D eigenvalue weighted by atomic mass is 32.1. The van der Waals surface area contributed by atoms with Gasteiger partial charge in [0.25, 0.3) is 5.91 Å². The highest BCUT2D eigenvalue weighted by molar-refractivity contribution is 7.80. The van der Waals surface area contributed by atoms with Crippen molar-refractivity contribution >= 4 is 34.1 Å². The Bertz CT molecular complexity index is 1110. The van der Waals surface area contributed by atoms with E-state index in [0.29, 0.717) is 17.9 Å². The number of rotatable bonds is 6. The number of nitrogens with zero attached hydrogens (tertiary/aromatic N) is 3. The van der Waals surface area contributed by atoms with E-state index in [1.807, 2.05) is 48.4 Å². The molecule has 0 unspecified atom stereocenters. The molecule has 0 fully saturated rings. The molecule has 0 aliphatic heterocycles. The number of fused-ring (bicyclic) bond motifs is 1. The molecule has 0 radical (unpaired) electrons. The van der Waals surface area contributed by atoms with Crippen LogP contribution >= 0.6 is 12.2 Å². The Labute approximate surface area is 180 Å². The first-order valence-corrected chi connectivity index (χ1v) is 9.82. The minimum Gasteiger partial charge on any atom is -0.338 e. The maximum atomic E-state index is 12.7. The average molecular weight is 422 g/mol. The highest BCUT2D eigenvalue weighted by Crippen LogP contribution is 2.16. The van der Waals surface area contributed by atoms with Gasteiger partial charge in [-0.05, 0) is 38.4 Å². The number of hydrogen-bond donors (Lipinski definition) is 3. The zero-order chi connectivity index (χ0) is 21.5. The quantitative estimate of drug-likeness (QED) is 0.321. The number of hydrogen-bond acceptors (Lipinski definition) is 5. The summed E-state index contributed by atoms with van der Waals surface area (Å²) >= 11 is 4.96. The Morgan fingerprint density at radius 2 is 1.93 bits per heavy atom. The third-order valence-corrected chi connectivity index (χ3v) is 4.77. The predicted molar refractivity (Wildman–Crippen MR) is 121 cm³/mol. The molecule has 0 spiro atoms. The second-order valence-electron chi connectivity index (χ2n) is 6.88. The van der Waals surface area contributed by atoms with Crippen molar-refractivity contribution in [3.05, 3.63) is 65.5 Å². The number of imidazole rings is 1. The van der Waals surface area contributed by atoms with Crippen LogP contribution in [-0.2, 0) is 6.54 Å². The standard InChI is InChI=1S/C22H23N5O2S/c1-26(2)14-15-27-19-8-4-3-7-18(19)24-20(27)21(28)23-13-5-6-16-9-11-17(12-10-16)22(30)25-29/h3-4,7-12,29H,13-15H2,1-2H3,(H,23,28)(H,25,30). The summed E-state index contributed by atoms with van der Waals surface area (Å²) in [7, 11) is 3.99. The van der Waals surface area contributed by atoms with Crippen LogP contribution in [0.15, 0.2) is 48.5 Å². The number of para-hydroxylation sites is 2. The fourth-order valence-electron chi connectivity index (χ4n) is 2.89. The van der Waals surface area contributed by atoms with Gasteiger partial charge >= 0.3 is 0 Å². The molecule has 1 aromatic heterocycles. The minimum absolute atomic E-state index is 0.202. The molecule has 0 aliphatic carbocycles. The zero-order valence-corrected chi connectivity index (χ0v) is 17.7. The molecule has 8 heteroatoms. The smallest absolute Gasteiger partial charge is 0.288 e. The van der Waals surface area contributed by atoms with E-state index in [2.05, 4.69) is 27.0 Å². The van der Waals surface area contributed by atoms with Crippen LogP contribution in [0.5, 0.6) is 0 Å². The first-order valence-electron chi connectivity index (χ1n) is 9.41. The second kappa shape index (κ2) is 9.98. The lowest BCUT2D eigenvalue weighted by molar-refractivity contribution is 0.0944. The molecule has 1 amide bonds. The number of hydroxylamine groups is 1. The molecule has 3 rings (SSSR count). The number of aromatic nitrogens is 2. The van der Waals surface area contributed by atoms with E-state index >= 15 is 0 Å². The van der Waals surface area contributed by atoms with Gasteiger partial charge in [0.2, 0.25) is 0 Å². The Morgan fingerprint density at radius 1 is 1.20 bits per heavy atom. The van der Waals surface area contributed by atoms with Gasteiger partial charge in [0.15, 0.2) is 5.82 Å². The molecule has 1 heterocycles. The Kier molecular flexibility index (Phi) is 7.14. The molecule has 3 N–H and O–H groups in total. The second-order valence-corrected chi connectivity index (χ2v) is 7.29. The van der Waals surface area contributed by atoms with Crippen molar-refractivity contribution in [1.82, 2.24) is 25.2 Å². The molecule has 0 atom stereocenters. The average Bonchev–Trinajstić information content (AvgIpc) is 3.13. The molecule has 154 valence electrons. The van der Waals surface area contributed by atoms with Gasteiger partial charge in [-0.1, -0.05) is 48.3 Å². The molecule has 0 bridgehead atoms. The van der Waals surface area contributed by atoms with Crippen LogP contribution in [0.4, 0.5) is 0 Å². The Morgan fingerprint density at radius 3 is 2.63 bits per heavy atom. The molecular weight excluding hydrogens is 398 g/mol. The van der Waals surface area contributed by atoms with Crippen LogP contribution in [0, 0.1) is 11.8 Å². The molecule has 7 nitrogen and oxygen atoms in total. The van der Waals surface area contributed by atoms with Gasteiger partial charge in [0.1, 0.15) is 4.99 Å². The van der Waals surface area contributed by atoms with Gasteiger partial charge in [0, 0.05) is 24.2 Å². The van der Waals surface area contributed by atoms with Crippen LogP contribution in [0.25, 0.3) is 11.0 Å². The third-order valence-electron chi connectivity index (χ3n) is 4.45. The summed E-state index contributed by atoms with van der Waals surface area (Å²) in [4.78, 5) is 19.5. The summed E-state index contributed by atoms with van der Waals surface area (Å²) in [6.07, 6.45) is 0. The van der Waals surface area contributed by atoms with Gasteiger partial charge in [-0.25, -0.2) is 4.98 Å². The normalized spacial score (nSPS) is 10.5. The number of amides is 1. The van der Waals surface area contributed by atoms with E-state index in [9.17, 15) is 4.79 Å². The van der Waals surface area contributed by atoms with E-state index < -0.39 is 0 Å². The lowest BCUT2D eigenvalue weighted by atomic mass is 10.1. The van der Waals surface area contributed by atoms with E-state index in [1.54, 1.807) is 24.3 Å². The van der Waals surface area contributed by atoms with Gasteiger partial charge in [-0.3, -0.25) is 15.5 Å². The first kappa shape index (κ1) is 21.5. The molecule has 0 saturated carbocycles. The number of thiocarbonyl (C=S) groups is 1. The van der Waals surface area contributed by atoms with Crippen LogP contribution < -0.4 is 10.8 Å². The summed E-state index contributed by atoms with van der Waals surface area (Å²) in [6.45, 7) is 1.67. The van der Waals surface area contributed by atoms with Gasteiger partial charge < -0.3 is 14.8 Å². The maximum Gasteiger partial charge on any atom is 0.288 e. The van der Waals surface area contributed by atoms with Crippen molar-refractivity contribution in [2.24, 2.45) is 0 Å². The zero-order valence-electron chi connectivity index (χ0n) is 16.8. The summed E-state index contributed by atoms with van der Waals surface area (Å²) < 4.78 is 1.94. The molecule has 0 aliphatic rings. The Hall–Kier alpha value is -3.25. The summed E-state index contributed by atoms with van der Waals surface area (Å²) in [5.41, 5.74) is 5.16. The number of carbonyl (C=O) groups excluding carboxylic acids is 1. The number of likely N-dealkylation sites (N-methyl/N-ethyl adjacent to an activating group) is 1. The van der Waals surface area contributed by atoms with Gasteiger partial charge in [0.05, 0.1) is 17.6 Å². The molecule has 30 heavy (non-hydrogen) atoms. The third kappa shape index (κ3) is 5.21. The largest absolute Gasteiger partial charge is 0.338 e. The van der Waals surface area contributed by atoms with Crippen molar-refractivity contribution in [2.75, 3.05) is 27.2 Å². The minimum atomic E-state index is -0.256. The fourth-order valence-corrected chi connectivity index (χ4v) is 3.03. The first-order chi connectivity index (χ1) is 14.5. The summed E-state index contributed by atoms with van der Waals surface area (Å²) in [5.74, 6) is 6.06. The SMILES string of the molecule is CN(C)CCn1c(C(=O)NCC#Cc2ccc(C(=S)NO)cc2)nc2ccccc21. The summed E-state index contributed by atoms with van der Waals surface area (Å²) in [6, 6.07) is 14.9. The maximum absolute atomic E-state index is 12.7. The Balaban J connectivity index is 1.68. The fraction of sp³-hybridized carbons (Fsp3) is 0.227. The van der Waals surface area contributed by atoms with E-state index in [0.717, 1.165) is 23.1 Å². The van der Waals surface area contributed by atoms with Crippen LogP contribution in [0.1, 0.15) is 21.7 Å². The molecule has 3 aromatic rings. The van der Waals surface area contributed by atoms with Crippen molar-refractivity contribution in [3.63, 3.8) is 0 Å². The lowest BCUT2D eigenvalue weighted by Crippen LogP contribution is -2.28. The van der Waals surface area contributed by atoms with E-state index in [4.69, 9.17) is 17.4 Å². The number of benzene rings is 2. The van der Waals surface area contributed by atoms with Crippen molar-refractivity contribution < 1.29 is 10.0 Å².